The van der Waals surface area contributed by atoms with Crippen molar-refractivity contribution in [2.75, 3.05) is 23.3 Å². The summed E-state index contributed by atoms with van der Waals surface area (Å²) in [6.45, 7) is 3.29. The summed E-state index contributed by atoms with van der Waals surface area (Å²) in [4.78, 5) is 10.4. The van der Waals surface area contributed by atoms with Crippen LogP contribution in [0.4, 0.5) is 24.7 Å². The Hall–Kier alpha value is -2.31. The highest BCUT2D eigenvalue weighted by Crippen LogP contribution is 2.43. The molecule has 0 unspecified atom stereocenters. The van der Waals surface area contributed by atoms with Gasteiger partial charge >= 0.3 is 6.18 Å². The fourth-order valence-electron chi connectivity index (χ4n) is 3.18. The predicted octanol–water partition coefficient (Wildman–Crippen LogP) is 3.48. The number of aromatic nitrogens is 2. The zero-order valence-corrected chi connectivity index (χ0v) is 12.5. The van der Waals surface area contributed by atoms with Crippen LogP contribution in [0.3, 0.4) is 0 Å². The van der Waals surface area contributed by atoms with Crippen LogP contribution in [0.2, 0.25) is 0 Å². The second kappa shape index (κ2) is 4.84. The van der Waals surface area contributed by atoms with Crippen molar-refractivity contribution in [2.45, 2.75) is 25.6 Å². The Morgan fingerprint density at radius 2 is 2.13 bits per heavy atom. The fraction of sp³-hybridized carbons (Fsp3) is 0.375. The Morgan fingerprint density at radius 3 is 2.83 bits per heavy atom. The number of pyridine rings is 2. The van der Waals surface area contributed by atoms with Gasteiger partial charge in [0.15, 0.2) is 5.82 Å². The van der Waals surface area contributed by atoms with E-state index in [1.165, 1.54) is 12.3 Å². The van der Waals surface area contributed by atoms with E-state index in [1.54, 1.807) is 19.1 Å². The quantitative estimate of drug-likeness (QED) is 0.873. The summed E-state index contributed by atoms with van der Waals surface area (Å²) in [5.74, 6) is 0.530. The Labute approximate surface area is 131 Å². The molecule has 0 saturated carbocycles. The average Bonchev–Trinajstić information content (AvgIpc) is 2.88. The maximum absolute atomic E-state index is 13.5. The second-order valence-electron chi connectivity index (χ2n) is 6.01. The predicted molar refractivity (Wildman–Crippen MR) is 81.4 cm³/mol. The summed E-state index contributed by atoms with van der Waals surface area (Å²) in [7, 11) is 0. The van der Waals surface area contributed by atoms with Crippen molar-refractivity contribution in [3.8, 4) is 11.3 Å². The first-order valence-electron chi connectivity index (χ1n) is 7.48. The van der Waals surface area contributed by atoms with Gasteiger partial charge in [-0.15, -0.1) is 0 Å². The van der Waals surface area contributed by atoms with E-state index in [0.717, 1.165) is 25.2 Å². The SMILES string of the molecule is Cc1ccc(-c2nc3c(cc2C(F)(F)F)N2CC[C@@H](C2)N3)cn1. The fourth-order valence-corrected chi connectivity index (χ4v) is 3.18. The average molecular weight is 320 g/mol. The Morgan fingerprint density at radius 1 is 1.30 bits per heavy atom. The van der Waals surface area contributed by atoms with E-state index in [9.17, 15) is 13.2 Å². The topological polar surface area (TPSA) is 41.1 Å². The number of anilines is 2. The highest BCUT2D eigenvalue weighted by Gasteiger charge is 2.39. The molecule has 1 N–H and O–H groups in total. The molecule has 1 atom stereocenters. The molecule has 4 heterocycles. The van der Waals surface area contributed by atoms with E-state index in [4.69, 9.17) is 0 Å². The molecule has 2 aromatic heterocycles. The minimum Gasteiger partial charge on any atom is -0.366 e. The van der Waals surface area contributed by atoms with Crippen molar-refractivity contribution < 1.29 is 13.2 Å². The monoisotopic (exact) mass is 320 g/mol. The van der Waals surface area contributed by atoms with Gasteiger partial charge in [-0.2, -0.15) is 13.2 Å². The van der Waals surface area contributed by atoms with Crippen molar-refractivity contribution in [2.24, 2.45) is 0 Å². The summed E-state index contributed by atoms with van der Waals surface area (Å²) in [6, 6.07) is 4.79. The third-order valence-corrected chi connectivity index (χ3v) is 4.36. The number of rotatable bonds is 1. The molecule has 2 aliphatic rings. The van der Waals surface area contributed by atoms with Gasteiger partial charge in [0.2, 0.25) is 0 Å². The first-order valence-corrected chi connectivity index (χ1v) is 7.48. The van der Waals surface area contributed by atoms with Gasteiger partial charge in [0.1, 0.15) is 0 Å². The number of nitrogens with one attached hydrogen (secondary N) is 1. The number of halogens is 3. The molecule has 0 amide bonds. The summed E-state index contributed by atoms with van der Waals surface area (Å²) in [5, 5.41) is 3.25. The summed E-state index contributed by atoms with van der Waals surface area (Å²) >= 11 is 0. The van der Waals surface area contributed by atoms with Crippen LogP contribution in [0.15, 0.2) is 24.4 Å². The molecule has 23 heavy (non-hydrogen) atoms. The van der Waals surface area contributed by atoms with Crippen molar-refractivity contribution in [3.05, 3.63) is 35.7 Å². The molecule has 0 spiro atoms. The van der Waals surface area contributed by atoms with Gasteiger partial charge in [-0.05, 0) is 31.5 Å². The van der Waals surface area contributed by atoms with Gasteiger partial charge in [-0.3, -0.25) is 4.98 Å². The van der Waals surface area contributed by atoms with E-state index in [-0.39, 0.29) is 11.7 Å². The lowest BCUT2D eigenvalue weighted by Gasteiger charge is -2.29. The lowest BCUT2D eigenvalue weighted by molar-refractivity contribution is -0.137. The molecule has 1 fully saturated rings. The largest absolute Gasteiger partial charge is 0.418 e. The van der Waals surface area contributed by atoms with Crippen molar-refractivity contribution in [3.63, 3.8) is 0 Å². The van der Waals surface area contributed by atoms with Crippen molar-refractivity contribution >= 4 is 11.5 Å². The zero-order valence-electron chi connectivity index (χ0n) is 12.5. The molecule has 0 radical (unpaired) electrons. The highest BCUT2D eigenvalue weighted by molar-refractivity contribution is 5.77. The summed E-state index contributed by atoms with van der Waals surface area (Å²) in [5.41, 5.74) is 0.880. The molecular formula is C16H15F3N4. The first kappa shape index (κ1) is 14.3. The third-order valence-electron chi connectivity index (χ3n) is 4.36. The summed E-state index contributed by atoms with van der Waals surface area (Å²) < 4.78 is 40.6. The van der Waals surface area contributed by atoms with Crippen LogP contribution in [0.5, 0.6) is 0 Å². The number of aryl methyl sites for hydroxylation is 1. The van der Waals surface area contributed by atoms with Gasteiger partial charge in [0.05, 0.1) is 16.9 Å². The van der Waals surface area contributed by atoms with Crippen molar-refractivity contribution in [1.29, 1.82) is 0 Å². The van der Waals surface area contributed by atoms with Crippen LogP contribution in [-0.4, -0.2) is 29.1 Å². The summed E-state index contributed by atoms with van der Waals surface area (Å²) in [6.07, 6.45) is -2.10. The lowest BCUT2D eigenvalue weighted by Crippen LogP contribution is -2.33. The van der Waals surface area contributed by atoms with Gasteiger partial charge in [0.25, 0.3) is 0 Å². The molecule has 2 aliphatic heterocycles. The van der Waals surface area contributed by atoms with Gasteiger partial charge < -0.3 is 10.2 Å². The van der Waals surface area contributed by atoms with Crippen molar-refractivity contribution in [1.82, 2.24) is 9.97 Å². The molecule has 4 nitrogen and oxygen atoms in total. The minimum atomic E-state index is -4.46. The number of fused-ring (bicyclic) bond motifs is 4. The molecule has 7 heteroatoms. The van der Waals surface area contributed by atoms with Crippen LogP contribution in [0.1, 0.15) is 17.7 Å². The van der Waals surface area contributed by atoms with Crippen LogP contribution in [0.25, 0.3) is 11.3 Å². The molecular weight excluding hydrogens is 305 g/mol. The molecule has 0 aromatic carbocycles. The lowest BCUT2D eigenvalue weighted by atomic mass is 10.0. The normalized spacial score (nSPS) is 19.5. The molecule has 2 bridgehead atoms. The molecule has 2 aromatic rings. The molecule has 1 saturated heterocycles. The Bertz CT molecular complexity index is 755. The van der Waals surface area contributed by atoms with E-state index < -0.39 is 11.7 Å². The number of nitrogens with zero attached hydrogens (tertiary/aromatic N) is 3. The molecule has 4 rings (SSSR count). The number of hydrogen-bond acceptors (Lipinski definition) is 4. The van der Waals surface area contributed by atoms with Crippen LogP contribution in [0, 0.1) is 6.92 Å². The Balaban J connectivity index is 1.91. The molecule has 0 aliphatic carbocycles. The van der Waals surface area contributed by atoms with Gasteiger partial charge in [-0.1, -0.05) is 0 Å². The van der Waals surface area contributed by atoms with E-state index in [1.807, 2.05) is 4.90 Å². The minimum absolute atomic E-state index is 0.0706. The number of hydrogen-bond donors (Lipinski definition) is 1. The third kappa shape index (κ3) is 2.40. The molecule has 120 valence electrons. The smallest absolute Gasteiger partial charge is 0.366 e. The van der Waals surface area contributed by atoms with Crippen LogP contribution >= 0.6 is 0 Å². The van der Waals surface area contributed by atoms with Gasteiger partial charge in [0, 0.05) is 36.6 Å². The second-order valence-corrected chi connectivity index (χ2v) is 6.01. The van der Waals surface area contributed by atoms with Crippen LogP contribution < -0.4 is 10.2 Å². The van der Waals surface area contributed by atoms with Crippen LogP contribution in [-0.2, 0) is 6.18 Å². The van der Waals surface area contributed by atoms with E-state index in [2.05, 4.69) is 15.3 Å². The Kier molecular flexibility index (Phi) is 3.01. The number of alkyl halides is 3. The first-order chi connectivity index (χ1) is 10.9. The highest BCUT2D eigenvalue weighted by atomic mass is 19.4. The maximum Gasteiger partial charge on any atom is 0.418 e. The van der Waals surface area contributed by atoms with E-state index >= 15 is 0 Å². The van der Waals surface area contributed by atoms with E-state index in [0.29, 0.717) is 17.1 Å². The maximum atomic E-state index is 13.5. The zero-order chi connectivity index (χ0) is 16.2. The van der Waals surface area contributed by atoms with Gasteiger partial charge in [-0.25, -0.2) is 4.98 Å². The standard InChI is InChI=1S/C16H15F3N4/c1-9-2-3-10(7-20-9)14-12(16(17,18)19)6-13-15(22-14)21-11-4-5-23(13)8-11/h2-3,6-7,11H,4-5,8H2,1H3,(H,21,22)/t11-/m0/s1.